The summed E-state index contributed by atoms with van der Waals surface area (Å²) < 4.78 is 2.48. The molecule has 0 aliphatic rings. The molecule has 0 saturated carbocycles. The van der Waals surface area contributed by atoms with Gasteiger partial charge in [-0.15, -0.1) is 0 Å². The third-order valence-electron chi connectivity index (χ3n) is 11.3. The Labute approximate surface area is 320 Å². The lowest BCUT2D eigenvalue weighted by Crippen LogP contribution is -1.85. The Morgan fingerprint density at radius 2 is 0.491 bits per heavy atom. The van der Waals surface area contributed by atoms with E-state index in [1.165, 1.54) is 105 Å². The van der Waals surface area contributed by atoms with Gasteiger partial charge < -0.3 is 4.40 Å². The molecule has 9 aromatic carbocycles. The van der Waals surface area contributed by atoms with Crippen LogP contribution in [0.25, 0.3) is 105 Å². The van der Waals surface area contributed by atoms with Crippen LogP contribution in [-0.2, 0) is 0 Å². The van der Waals surface area contributed by atoms with Gasteiger partial charge in [-0.1, -0.05) is 158 Å². The van der Waals surface area contributed by atoms with Gasteiger partial charge in [-0.25, -0.2) is 0 Å². The Hall–Kier alpha value is -7.22. The van der Waals surface area contributed by atoms with Crippen LogP contribution < -0.4 is 0 Å². The maximum atomic E-state index is 2.48. The van der Waals surface area contributed by atoms with E-state index in [1.54, 1.807) is 0 Å². The van der Waals surface area contributed by atoms with Crippen molar-refractivity contribution >= 4 is 38.1 Å². The fourth-order valence-corrected chi connectivity index (χ4v) is 8.60. The molecule has 55 heavy (non-hydrogen) atoms. The molecule has 0 bridgehead atoms. The number of benzene rings is 9. The van der Waals surface area contributed by atoms with E-state index >= 15 is 0 Å². The van der Waals surface area contributed by atoms with Crippen LogP contribution >= 0.6 is 0 Å². The van der Waals surface area contributed by atoms with Crippen molar-refractivity contribution < 1.29 is 0 Å². The molecule has 11 rings (SSSR count). The molecule has 11 aromatic rings. The zero-order valence-corrected chi connectivity index (χ0v) is 30.2. The summed E-state index contributed by atoms with van der Waals surface area (Å²) >= 11 is 0. The smallest absolute Gasteiger partial charge is 0.0620 e. The van der Waals surface area contributed by atoms with E-state index in [0.717, 1.165) is 0 Å². The average Bonchev–Trinajstić information content (AvgIpc) is 3.78. The monoisotopic (exact) mass is 697 g/mol. The Morgan fingerprint density at radius 3 is 0.891 bits per heavy atom. The van der Waals surface area contributed by atoms with Crippen molar-refractivity contribution in [1.82, 2.24) is 4.40 Å². The topological polar surface area (TPSA) is 4.41 Å². The molecule has 0 atom stereocenters. The molecule has 1 heteroatoms. The average molecular weight is 698 g/mol. The van der Waals surface area contributed by atoms with E-state index in [0.29, 0.717) is 0 Å². The van der Waals surface area contributed by atoms with E-state index in [1.807, 2.05) is 0 Å². The van der Waals surface area contributed by atoms with Crippen molar-refractivity contribution in [2.45, 2.75) is 0 Å². The fraction of sp³-hybridized carbons (Fsp3) is 0. The fourth-order valence-electron chi connectivity index (χ4n) is 8.60. The highest BCUT2D eigenvalue weighted by atomic mass is 14.9. The molecular weight excluding hydrogens is 663 g/mol. The van der Waals surface area contributed by atoms with Gasteiger partial charge in [-0.3, -0.25) is 0 Å². The maximum absolute atomic E-state index is 2.48. The number of hydrogen-bond acceptors (Lipinski definition) is 0. The molecule has 1 nitrogen and oxygen atoms in total. The summed E-state index contributed by atoms with van der Waals surface area (Å²) in [5.41, 5.74) is 18.4. The highest BCUT2D eigenvalue weighted by Gasteiger charge is 2.20. The minimum Gasteiger partial charge on any atom is -0.308 e. The second kappa shape index (κ2) is 12.7. The molecule has 0 fully saturated rings. The van der Waals surface area contributed by atoms with Crippen LogP contribution in [0, 0.1) is 0 Å². The minimum atomic E-state index is 1.21. The largest absolute Gasteiger partial charge is 0.308 e. The van der Waals surface area contributed by atoms with Crippen LogP contribution in [0.1, 0.15) is 0 Å². The molecular formula is C54H35N. The predicted octanol–water partition coefficient (Wildman–Crippen LogP) is 14.8. The van der Waals surface area contributed by atoms with Crippen molar-refractivity contribution in [2.75, 3.05) is 0 Å². The predicted molar refractivity (Wildman–Crippen MR) is 234 cm³/mol. The first-order chi connectivity index (χ1) is 27.2. The summed E-state index contributed by atoms with van der Waals surface area (Å²) in [6.45, 7) is 0. The quantitative estimate of drug-likeness (QED) is 0.163. The lowest BCUT2D eigenvalue weighted by atomic mass is 9.94. The molecule has 0 aliphatic heterocycles. The first-order valence-electron chi connectivity index (χ1n) is 19.0. The zero-order chi connectivity index (χ0) is 36.3. The highest BCUT2D eigenvalue weighted by molar-refractivity contribution is 6.25. The van der Waals surface area contributed by atoms with Gasteiger partial charge in [0.05, 0.1) is 16.6 Å². The number of nitrogens with zero attached hydrogens (tertiary/aromatic N) is 1. The highest BCUT2D eigenvalue weighted by Crippen LogP contribution is 2.44. The van der Waals surface area contributed by atoms with Crippen LogP contribution in [0.2, 0.25) is 0 Å². The van der Waals surface area contributed by atoms with E-state index in [4.69, 9.17) is 0 Å². The Bertz CT molecular complexity index is 3170. The second-order valence-electron chi connectivity index (χ2n) is 14.6. The standard InChI is InChI=1S/C54H35N/c1-4-13-36(14-5-1)39-19-10-20-40(29-39)41-21-11-22-42(30-41)43-23-12-24-44(31-43)46-26-28-53-49(33-46)51-35-47(38-17-8-3-9-18-38)34-50-48-32-45(37-15-6-2-7-16-37)25-27-52(48)55(53)54(50)51/h1-35H. The molecule has 0 spiro atoms. The van der Waals surface area contributed by atoms with Gasteiger partial charge in [0.1, 0.15) is 0 Å². The second-order valence-corrected chi connectivity index (χ2v) is 14.6. The van der Waals surface area contributed by atoms with Gasteiger partial charge >= 0.3 is 0 Å². The van der Waals surface area contributed by atoms with Gasteiger partial charge in [0, 0.05) is 21.5 Å². The Morgan fingerprint density at radius 1 is 0.200 bits per heavy atom. The summed E-state index contributed by atoms with van der Waals surface area (Å²) in [5, 5.41) is 5.13. The molecule has 2 heterocycles. The SMILES string of the molecule is c1ccc(-c2cccc(-c3cccc(-c4cccc(-c5ccc6c(c5)c5cc(-c7ccccc7)cc7c8cc(-c9ccccc9)ccc8n6c75)c4)c3)c2)cc1. The summed E-state index contributed by atoms with van der Waals surface area (Å²) in [6.07, 6.45) is 0. The van der Waals surface area contributed by atoms with Crippen molar-refractivity contribution in [3.63, 3.8) is 0 Å². The van der Waals surface area contributed by atoms with Crippen molar-refractivity contribution in [3.05, 3.63) is 212 Å². The summed E-state index contributed by atoms with van der Waals surface area (Å²) in [5.74, 6) is 0. The molecule has 2 aromatic heterocycles. The van der Waals surface area contributed by atoms with Gasteiger partial charge in [-0.2, -0.15) is 0 Å². The van der Waals surface area contributed by atoms with Crippen LogP contribution in [0.15, 0.2) is 212 Å². The molecule has 0 radical (unpaired) electrons. The third kappa shape index (κ3) is 5.32. The molecule has 0 saturated heterocycles. The zero-order valence-electron chi connectivity index (χ0n) is 30.2. The van der Waals surface area contributed by atoms with E-state index < -0.39 is 0 Å². The van der Waals surface area contributed by atoms with Crippen LogP contribution in [0.3, 0.4) is 0 Å². The first kappa shape index (κ1) is 31.3. The molecule has 0 amide bonds. The first-order valence-corrected chi connectivity index (χ1v) is 19.0. The van der Waals surface area contributed by atoms with Crippen molar-refractivity contribution in [1.29, 1.82) is 0 Å². The van der Waals surface area contributed by atoms with Gasteiger partial charge in [0.15, 0.2) is 0 Å². The number of rotatable bonds is 6. The number of aromatic nitrogens is 1. The van der Waals surface area contributed by atoms with E-state index in [-0.39, 0.29) is 0 Å². The van der Waals surface area contributed by atoms with Crippen molar-refractivity contribution in [3.8, 4) is 66.8 Å². The van der Waals surface area contributed by atoms with Gasteiger partial charge in [0.2, 0.25) is 0 Å². The lowest BCUT2D eigenvalue weighted by Gasteiger charge is -2.10. The normalized spacial score (nSPS) is 11.6. The van der Waals surface area contributed by atoms with Crippen LogP contribution in [0.4, 0.5) is 0 Å². The number of hydrogen-bond donors (Lipinski definition) is 0. The summed E-state index contributed by atoms with van der Waals surface area (Å²) in [7, 11) is 0. The van der Waals surface area contributed by atoms with E-state index in [9.17, 15) is 0 Å². The van der Waals surface area contributed by atoms with Crippen molar-refractivity contribution in [2.24, 2.45) is 0 Å². The van der Waals surface area contributed by atoms with Crippen LogP contribution in [0.5, 0.6) is 0 Å². The molecule has 0 unspecified atom stereocenters. The molecule has 0 aliphatic carbocycles. The Kier molecular flexibility index (Phi) is 7.25. The number of fused-ring (bicyclic) bond motifs is 6. The third-order valence-corrected chi connectivity index (χ3v) is 11.3. The molecule has 256 valence electrons. The summed E-state index contributed by atoms with van der Waals surface area (Å²) in [4.78, 5) is 0. The maximum Gasteiger partial charge on any atom is 0.0620 e. The van der Waals surface area contributed by atoms with Crippen LogP contribution in [-0.4, -0.2) is 4.40 Å². The van der Waals surface area contributed by atoms with E-state index in [2.05, 4.69) is 217 Å². The van der Waals surface area contributed by atoms with Gasteiger partial charge in [-0.05, 0) is 121 Å². The minimum absolute atomic E-state index is 1.21. The Balaban J connectivity index is 1.04. The lowest BCUT2D eigenvalue weighted by molar-refractivity contribution is 1.37. The summed E-state index contributed by atoms with van der Waals surface area (Å²) in [6, 6.07) is 77.6. The van der Waals surface area contributed by atoms with Gasteiger partial charge in [0.25, 0.3) is 0 Å². The molecule has 0 N–H and O–H groups in total.